The minimum atomic E-state index is -0.941. The van der Waals surface area contributed by atoms with Gasteiger partial charge in [-0.25, -0.2) is 9.78 Å². The standard InChI is InChI=1S/C15H17BrN2O3S/c1-9-13(15(19)20)22-14(17-9)10-4-5-12(11(16)8-10)21-7-6-18(2)3/h4-5,8H,6-7H2,1-3H3,(H,19,20). The van der Waals surface area contributed by atoms with Gasteiger partial charge in [0.2, 0.25) is 0 Å². The molecule has 118 valence electrons. The Hall–Kier alpha value is -1.44. The smallest absolute Gasteiger partial charge is 0.347 e. The highest BCUT2D eigenvalue weighted by atomic mass is 79.9. The third-order valence-corrected chi connectivity index (χ3v) is 4.78. The molecule has 1 N–H and O–H groups in total. The van der Waals surface area contributed by atoms with Crippen LogP contribution in [0.15, 0.2) is 22.7 Å². The van der Waals surface area contributed by atoms with Crippen LogP contribution in [0.3, 0.4) is 0 Å². The SMILES string of the molecule is Cc1nc(-c2ccc(OCCN(C)C)c(Br)c2)sc1C(=O)O. The Morgan fingerprint density at radius 1 is 1.45 bits per heavy atom. The summed E-state index contributed by atoms with van der Waals surface area (Å²) in [6, 6.07) is 5.65. The normalized spacial score (nSPS) is 11.0. The Morgan fingerprint density at radius 3 is 2.73 bits per heavy atom. The van der Waals surface area contributed by atoms with Crippen LogP contribution in [0.2, 0.25) is 0 Å². The van der Waals surface area contributed by atoms with Crippen molar-refractivity contribution >= 4 is 33.2 Å². The molecule has 5 nitrogen and oxygen atoms in total. The molecule has 1 heterocycles. The molecule has 2 aromatic rings. The van der Waals surface area contributed by atoms with Crippen LogP contribution in [0, 0.1) is 6.92 Å². The molecule has 0 atom stereocenters. The van der Waals surface area contributed by atoms with Crippen molar-refractivity contribution < 1.29 is 14.6 Å². The maximum Gasteiger partial charge on any atom is 0.347 e. The topological polar surface area (TPSA) is 62.7 Å². The van der Waals surface area contributed by atoms with Gasteiger partial charge in [0.05, 0.1) is 10.2 Å². The number of aryl methyl sites for hydroxylation is 1. The number of hydrogen-bond acceptors (Lipinski definition) is 5. The number of ether oxygens (including phenoxy) is 1. The maximum absolute atomic E-state index is 11.1. The number of aromatic nitrogens is 1. The molecule has 0 amide bonds. The highest BCUT2D eigenvalue weighted by Gasteiger charge is 2.15. The van der Waals surface area contributed by atoms with Crippen molar-refractivity contribution in [1.82, 2.24) is 9.88 Å². The summed E-state index contributed by atoms with van der Waals surface area (Å²) in [6.07, 6.45) is 0. The van der Waals surface area contributed by atoms with E-state index in [1.807, 2.05) is 37.2 Å². The minimum Gasteiger partial charge on any atom is -0.491 e. The van der Waals surface area contributed by atoms with Crippen LogP contribution in [0.25, 0.3) is 10.6 Å². The number of thiazole rings is 1. The molecule has 0 bridgehead atoms. The summed E-state index contributed by atoms with van der Waals surface area (Å²) >= 11 is 4.67. The zero-order valence-corrected chi connectivity index (χ0v) is 15.0. The van der Waals surface area contributed by atoms with Crippen molar-refractivity contribution in [2.45, 2.75) is 6.92 Å². The fourth-order valence-corrected chi connectivity index (χ4v) is 3.20. The third kappa shape index (κ3) is 4.06. The molecule has 0 aliphatic heterocycles. The average molecular weight is 385 g/mol. The van der Waals surface area contributed by atoms with E-state index in [-0.39, 0.29) is 4.88 Å². The van der Waals surface area contributed by atoms with Crippen molar-refractivity contribution in [2.75, 3.05) is 27.2 Å². The lowest BCUT2D eigenvalue weighted by molar-refractivity contribution is 0.0701. The molecule has 0 unspecified atom stereocenters. The summed E-state index contributed by atoms with van der Waals surface area (Å²) in [6.45, 7) is 3.14. The first-order chi connectivity index (χ1) is 10.4. The molecular formula is C15H17BrN2O3S. The van der Waals surface area contributed by atoms with Gasteiger partial charge in [0.25, 0.3) is 0 Å². The molecule has 1 aromatic carbocycles. The van der Waals surface area contributed by atoms with Crippen LogP contribution in [0.5, 0.6) is 5.75 Å². The van der Waals surface area contributed by atoms with Crippen LogP contribution in [0.4, 0.5) is 0 Å². The molecule has 0 aliphatic carbocycles. The van der Waals surface area contributed by atoms with Crippen molar-refractivity contribution in [3.8, 4) is 16.3 Å². The number of benzene rings is 1. The lowest BCUT2D eigenvalue weighted by Gasteiger charge is -2.12. The summed E-state index contributed by atoms with van der Waals surface area (Å²) in [7, 11) is 3.98. The van der Waals surface area contributed by atoms with Gasteiger partial charge in [-0.1, -0.05) is 0 Å². The highest BCUT2D eigenvalue weighted by Crippen LogP contribution is 2.33. The van der Waals surface area contributed by atoms with E-state index in [2.05, 4.69) is 20.9 Å². The largest absolute Gasteiger partial charge is 0.491 e. The van der Waals surface area contributed by atoms with Crippen LogP contribution in [0.1, 0.15) is 15.4 Å². The lowest BCUT2D eigenvalue weighted by Crippen LogP contribution is -2.19. The van der Waals surface area contributed by atoms with E-state index >= 15 is 0 Å². The van der Waals surface area contributed by atoms with Gasteiger partial charge in [-0.05, 0) is 55.1 Å². The van der Waals surface area contributed by atoms with E-state index in [0.29, 0.717) is 17.3 Å². The third-order valence-electron chi connectivity index (χ3n) is 2.97. The predicted octanol–water partition coefficient (Wildman–Crippen LogP) is 3.52. The van der Waals surface area contributed by atoms with Gasteiger partial charge in [-0.2, -0.15) is 0 Å². The molecule has 0 aliphatic rings. The van der Waals surface area contributed by atoms with Crippen molar-refractivity contribution in [2.24, 2.45) is 0 Å². The lowest BCUT2D eigenvalue weighted by atomic mass is 10.2. The highest BCUT2D eigenvalue weighted by molar-refractivity contribution is 9.10. The molecule has 0 fully saturated rings. The Morgan fingerprint density at radius 2 is 2.18 bits per heavy atom. The molecule has 7 heteroatoms. The average Bonchev–Trinajstić information content (AvgIpc) is 2.82. The van der Waals surface area contributed by atoms with Gasteiger partial charge >= 0.3 is 5.97 Å². The van der Waals surface area contributed by atoms with Gasteiger partial charge in [0.15, 0.2) is 0 Å². The van der Waals surface area contributed by atoms with E-state index in [0.717, 1.165) is 22.3 Å². The minimum absolute atomic E-state index is 0.275. The molecule has 2 rings (SSSR count). The van der Waals surface area contributed by atoms with Gasteiger partial charge in [0, 0.05) is 12.1 Å². The summed E-state index contributed by atoms with van der Waals surface area (Å²) in [5.74, 6) is -0.179. The first-order valence-electron chi connectivity index (χ1n) is 6.66. The van der Waals surface area contributed by atoms with Gasteiger partial charge in [0.1, 0.15) is 22.2 Å². The monoisotopic (exact) mass is 384 g/mol. The number of aromatic carboxylic acids is 1. The Bertz CT molecular complexity index is 685. The molecule has 1 aromatic heterocycles. The summed E-state index contributed by atoms with van der Waals surface area (Å²) in [5, 5.41) is 9.79. The second-order valence-corrected chi connectivity index (χ2v) is 6.89. The van der Waals surface area contributed by atoms with E-state index in [9.17, 15) is 4.79 Å². The fraction of sp³-hybridized carbons (Fsp3) is 0.333. The molecular weight excluding hydrogens is 368 g/mol. The summed E-state index contributed by atoms with van der Waals surface area (Å²) in [4.78, 5) is 17.8. The van der Waals surface area contributed by atoms with E-state index in [4.69, 9.17) is 9.84 Å². The Labute approximate surface area is 141 Å². The predicted molar refractivity (Wildman–Crippen MR) is 91.0 cm³/mol. The number of halogens is 1. The van der Waals surface area contributed by atoms with Gasteiger partial charge in [-0.15, -0.1) is 11.3 Å². The Kier molecular flexibility index (Phi) is 5.55. The van der Waals surface area contributed by atoms with Crippen LogP contribution in [-0.2, 0) is 0 Å². The molecule has 22 heavy (non-hydrogen) atoms. The van der Waals surface area contributed by atoms with Crippen molar-refractivity contribution in [3.05, 3.63) is 33.2 Å². The van der Waals surface area contributed by atoms with Gasteiger partial charge in [-0.3, -0.25) is 0 Å². The molecule has 0 radical (unpaired) electrons. The summed E-state index contributed by atoms with van der Waals surface area (Å²) in [5.41, 5.74) is 1.40. The number of carboxylic acids is 1. The van der Waals surface area contributed by atoms with E-state index in [1.54, 1.807) is 6.92 Å². The van der Waals surface area contributed by atoms with Crippen LogP contribution >= 0.6 is 27.3 Å². The van der Waals surface area contributed by atoms with E-state index in [1.165, 1.54) is 11.3 Å². The number of likely N-dealkylation sites (N-methyl/N-ethyl adjacent to an activating group) is 1. The molecule has 0 spiro atoms. The molecule has 0 saturated carbocycles. The van der Waals surface area contributed by atoms with Crippen LogP contribution < -0.4 is 4.74 Å². The number of hydrogen-bond donors (Lipinski definition) is 1. The maximum atomic E-state index is 11.1. The number of carbonyl (C=O) groups is 1. The molecule has 0 saturated heterocycles. The van der Waals surface area contributed by atoms with Crippen LogP contribution in [-0.4, -0.2) is 48.2 Å². The van der Waals surface area contributed by atoms with Crippen molar-refractivity contribution in [3.63, 3.8) is 0 Å². The van der Waals surface area contributed by atoms with Crippen molar-refractivity contribution in [1.29, 1.82) is 0 Å². The first kappa shape index (κ1) is 16.9. The van der Waals surface area contributed by atoms with Gasteiger partial charge < -0.3 is 14.7 Å². The number of carboxylic acid groups (broad SMARTS) is 1. The zero-order valence-electron chi connectivity index (χ0n) is 12.6. The summed E-state index contributed by atoms with van der Waals surface area (Å²) < 4.78 is 6.53. The number of nitrogens with zero attached hydrogens (tertiary/aromatic N) is 2. The fourth-order valence-electron chi connectivity index (χ4n) is 1.81. The second-order valence-electron chi connectivity index (χ2n) is 5.04. The second kappa shape index (κ2) is 7.21. The zero-order chi connectivity index (χ0) is 16.3. The number of rotatable bonds is 6. The van der Waals surface area contributed by atoms with E-state index < -0.39 is 5.97 Å². The first-order valence-corrected chi connectivity index (χ1v) is 8.27. The quantitative estimate of drug-likeness (QED) is 0.825. The Balaban J connectivity index is 2.18.